The van der Waals surface area contributed by atoms with Gasteiger partial charge >= 0.3 is 5.97 Å². The number of hydrogen-bond donors (Lipinski definition) is 0. The number of carbonyl (C=O) groups excluding carboxylic acids is 1. The van der Waals surface area contributed by atoms with Gasteiger partial charge in [-0.3, -0.25) is 4.40 Å². The molecule has 0 aliphatic carbocycles. The second-order valence-electron chi connectivity index (χ2n) is 7.24. The number of nitriles is 1. The van der Waals surface area contributed by atoms with Crippen molar-refractivity contribution < 1.29 is 19.0 Å². The van der Waals surface area contributed by atoms with Crippen molar-refractivity contribution in [1.29, 1.82) is 5.26 Å². The topological polar surface area (TPSA) is 85.9 Å². The van der Waals surface area contributed by atoms with Crippen LogP contribution in [-0.4, -0.2) is 28.6 Å². The number of fused-ring (bicyclic) bond motifs is 1. The summed E-state index contributed by atoms with van der Waals surface area (Å²) in [4.78, 5) is 17.1. The lowest BCUT2D eigenvalue weighted by molar-refractivity contribution is -0.139. The molecule has 2 aromatic heterocycles. The molecule has 0 spiro atoms. The summed E-state index contributed by atoms with van der Waals surface area (Å²) < 4.78 is 18.6. The molecule has 0 saturated heterocycles. The molecular formula is C24H25N3O4. The first-order valence-corrected chi connectivity index (χ1v) is 10.1. The van der Waals surface area contributed by atoms with Crippen LogP contribution >= 0.6 is 0 Å². The summed E-state index contributed by atoms with van der Waals surface area (Å²) in [5.41, 5.74) is 1.72. The van der Waals surface area contributed by atoms with Crippen LogP contribution in [0.15, 0.2) is 54.2 Å². The van der Waals surface area contributed by atoms with E-state index in [0.29, 0.717) is 36.2 Å². The molecule has 0 radical (unpaired) electrons. The summed E-state index contributed by atoms with van der Waals surface area (Å²) >= 11 is 0. The molecule has 0 saturated carbocycles. The van der Waals surface area contributed by atoms with Gasteiger partial charge in [0.25, 0.3) is 0 Å². The fraction of sp³-hybridized carbons (Fsp3) is 0.292. The van der Waals surface area contributed by atoms with Crippen molar-refractivity contribution in [1.82, 2.24) is 9.38 Å². The average Bonchev–Trinajstić information content (AvgIpc) is 3.13. The number of carbonyl (C=O) groups is 1. The monoisotopic (exact) mass is 419 g/mol. The van der Waals surface area contributed by atoms with Crippen molar-refractivity contribution in [2.75, 3.05) is 13.2 Å². The number of imidazole rings is 1. The van der Waals surface area contributed by atoms with Crippen LogP contribution in [0.3, 0.4) is 0 Å². The molecule has 160 valence electrons. The van der Waals surface area contributed by atoms with Crippen molar-refractivity contribution in [2.45, 2.75) is 27.4 Å². The molecule has 31 heavy (non-hydrogen) atoms. The number of nitrogens with zero attached hydrogens (tertiary/aromatic N) is 3. The lowest BCUT2D eigenvalue weighted by atomic mass is 10.2. The van der Waals surface area contributed by atoms with Crippen LogP contribution in [0.1, 0.15) is 32.0 Å². The van der Waals surface area contributed by atoms with Gasteiger partial charge in [-0.25, -0.2) is 4.79 Å². The van der Waals surface area contributed by atoms with Crippen molar-refractivity contribution in [3.05, 3.63) is 65.5 Å². The van der Waals surface area contributed by atoms with Crippen LogP contribution in [0.5, 0.6) is 11.6 Å². The van der Waals surface area contributed by atoms with Crippen molar-refractivity contribution in [3.8, 4) is 17.7 Å². The van der Waals surface area contributed by atoms with E-state index in [1.165, 1.54) is 6.08 Å². The third-order valence-corrected chi connectivity index (χ3v) is 4.30. The van der Waals surface area contributed by atoms with E-state index in [1.54, 1.807) is 10.6 Å². The summed E-state index contributed by atoms with van der Waals surface area (Å²) in [7, 11) is 0. The molecule has 0 fully saturated rings. The van der Waals surface area contributed by atoms with Gasteiger partial charge in [0.2, 0.25) is 5.88 Å². The molecule has 0 bridgehead atoms. The first kappa shape index (κ1) is 21.9. The van der Waals surface area contributed by atoms with Crippen LogP contribution < -0.4 is 9.47 Å². The quantitative estimate of drug-likeness (QED) is 0.290. The fourth-order valence-electron chi connectivity index (χ4n) is 2.87. The van der Waals surface area contributed by atoms with Gasteiger partial charge in [-0.2, -0.15) is 10.2 Å². The predicted octanol–water partition coefficient (Wildman–Crippen LogP) is 4.42. The Morgan fingerprint density at radius 1 is 1.19 bits per heavy atom. The Morgan fingerprint density at radius 3 is 2.65 bits per heavy atom. The first-order valence-electron chi connectivity index (χ1n) is 10.1. The highest BCUT2D eigenvalue weighted by atomic mass is 16.5. The van der Waals surface area contributed by atoms with Crippen molar-refractivity contribution in [2.24, 2.45) is 5.92 Å². The fourth-order valence-corrected chi connectivity index (χ4v) is 2.87. The molecular weight excluding hydrogens is 394 g/mol. The van der Waals surface area contributed by atoms with E-state index in [9.17, 15) is 10.1 Å². The molecule has 3 aromatic rings. The van der Waals surface area contributed by atoms with Gasteiger partial charge in [0.1, 0.15) is 23.9 Å². The summed E-state index contributed by atoms with van der Waals surface area (Å²) in [6.07, 6.45) is 3.22. The Morgan fingerprint density at radius 2 is 1.97 bits per heavy atom. The predicted molar refractivity (Wildman–Crippen MR) is 117 cm³/mol. The minimum absolute atomic E-state index is 0.0804. The molecule has 7 heteroatoms. The van der Waals surface area contributed by atoms with Crippen LogP contribution in [0.2, 0.25) is 0 Å². The Hall–Kier alpha value is -3.79. The number of esters is 1. The highest BCUT2D eigenvalue weighted by Crippen LogP contribution is 2.29. The van der Waals surface area contributed by atoms with E-state index in [-0.39, 0.29) is 18.1 Å². The zero-order chi connectivity index (χ0) is 22.2. The van der Waals surface area contributed by atoms with Crippen LogP contribution in [-0.2, 0) is 16.1 Å². The summed E-state index contributed by atoms with van der Waals surface area (Å²) in [5.74, 6) is 0.477. The zero-order valence-corrected chi connectivity index (χ0v) is 17.9. The molecule has 0 aliphatic rings. The highest BCUT2D eigenvalue weighted by molar-refractivity contribution is 5.98. The standard InChI is InChI=1S/C24H25N3O4/c1-4-29-21-11-8-12-27-20(23(26-22(21)27)30-15-17(2)3)13-19(14-25)24(28)31-16-18-9-6-5-7-10-18/h5-13,17H,4,15-16H2,1-3H3. The number of pyridine rings is 1. The van der Waals surface area contributed by atoms with E-state index in [2.05, 4.69) is 4.98 Å². The van der Waals surface area contributed by atoms with Gasteiger partial charge < -0.3 is 14.2 Å². The Labute approximate surface area is 181 Å². The summed E-state index contributed by atoms with van der Waals surface area (Å²) in [5, 5.41) is 9.60. The van der Waals surface area contributed by atoms with Crippen molar-refractivity contribution >= 4 is 17.7 Å². The Kier molecular flexibility index (Phi) is 7.28. The number of hydrogen-bond acceptors (Lipinski definition) is 6. The maximum atomic E-state index is 12.5. The second kappa shape index (κ2) is 10.3. The van der Waals surface area contributed by atoms with E-state index in [0.717, 1.165) is 5.56 Å². The molecule has 0 aliphatic heterocycles. The molecule has 0 unspecified atom stereocenters. The minimum Gasteiger partial charge on any atom is -0.490 e. The number of aromatic nitrogens is 2. The maximum Gasteiger partial charge on any atom is 0.349 e. The van der Waals surface area contributed by atoms with Crippen LogP contribution in [0, 0.1) is 17.2 Å². The maximum absolute atomic E-state index is 12.5. The molecule has 0 amide bonds. The number of ether oxygens (including phenoxy) is 3. The SMILES string of the molecule is CCOc1cccn2c(C=C(C#N)C(=O)OCc3ccccc3)c(OCC(C)C)nc12. The summed E-state index contributed by atoms with van der Waals surface area (Å²) in [6, 6.07) is 14.8. The first-order chi connectivity index (χ1) is 15.0. The third-order valence-electron chi connectivity index (χ3n) is 4.30. The smallest absolute Gasteiger partial charge is 0.349 e. The molecule has 3 rings (SSSR count). The lowest BCUT2D eigenvalue weighted by Crippen LogP contribution is -2.08. The second-order valence-corrected chi connectivity index (χ2v) is 7.24. The molecule has 1 aromatic carbocycles. The van der Waals surface area contributed by atoms with Gasteiger partial charge in [-0.1, -0.05) is 44.2 Å². The van der Waals surface area contributed by atoms with E-state index < -0.39 is 5.97 Å². The van der Waals surface area contributed by atoms with E-state index >= 15 is 0 Å². The minimum atomic E-state index is -0.711. The van der Waals surface area contributed by atoms with E-state index in [4.69, 9.17) is 14.2 Å². The van der Waals surface area contributed by atoms with Gasteiger partial charge in [-0.05, 0) is 36.6 Å². The number of benzene rings is 1. The van der Waals surface area contributed by atoms with Gasteiger partial charge in [-0.15, -0.1) is 0 Å². The lowest BCUT2D eigenvalue weighted by Gasteiger charge is -2.08. The van der Waals surface area contributed by atoms with Crippen LogP contribution in [0.4, 0.5) is 0 Å². The normalized spacial score (nSPS) is 11.4. The average molecular weight is 419 g/mol. The Bertz CT molecular complexity index is 1110. The zero-order valence-electron chi connectivity index (χ0n) is 17.9. The largest absolute Gasteiger partial charge is 0.490 e. The highest BCUT2D eigenvalue weighted by Gasteiger charge is 2.19. The molecule has 0 atom stereocenters. The van der Waals surface area contributed by atoms with Gasteiger partial charge in [0, 0.05) is 6.20 Å². The molecule has 0 N–H and O–H groups in total. The molecule has 7 nitrogen and oxygen atoms in total. The van der Waals surface area contributed by atoms with Crippen molar-refractivity contribution in [3.63, 3.8) is 0 Å². The van der Waals surface area contributed by atoms with Gasteiger partial charge in [0.05, 0.1) is 13.2 Å². The number of rotatable bonds is 9. The summed E-state index contributed by atoms with van der Waals surface area (Å²) in [6.45, 7) is 6.94. The Balaban J connectivity index is 1.96. The van der Waals surface area contributed by atoms with Crippen LogP contribution in [0.25, 0.3) is 11.7 Å². The molecule has 2 heterocycles. The third kappa shape index (κ3) is 5.43. The van der Waals surface area contributed by atoms with E-state index in [1.807, 2.05) is 69.3 Å². The van der Waals surface area contributed by atoms with Gasteiger partial charge in [0.15, 0.2) is 11.4 Å².